The van der Waals surface area contributed by atoms with Gasteiger partial charge in [-0.2, -0.15) is 4.98 Å². The van der Waals surface area contributed by atoms with Gasteiger partial charge in [-0.15, -0.1) is 0 Å². The minimum atomic E-state index is -0.337. The number of piperidine rings is 1. The molecule has 1 aromatic heterocycles. The molecule has 0 bridgehead atoms. The fourth-order valence-electron chi connectivity index (χ4n) is 3.71. The van der Waals surface area contributed by atoms with Gasteiger partial charge in [-0.1, -0.05) is 30.8 Å². The molecule has 0 aromatic carbocycles. The maximum atomic E-state index is 5.88. The summed E-state index contributed by atoms with van der Waals surface area (Å²) in [5.74, 6) is 1.53. The Morgan fingerprint density at radius 2 is 1.86 bits per heavy atom. The monoisotopic (exact) mass is 293 g/mol. The predicted octanol–water partition coefficient (Wildman–Crippen LogP) is 2.91. The van der Waals surface area contributed by atoms with E-state index in [-0.39, 0.29) is 11.0 Å². The van der Waals surface area contributed by atoms with Crippen LogP contribution < -0.4 is 5.32 Å². The summed E-state index contributed by atoms with van der Waals surface area (Å²) in [6.45, 7) is 4.20. The minimum Gasteiger partial charge on any atom is -0.370 e. The first-order valence-corrected chi connectivity index (χ1v) is 8.29. The fourth-order valence-corrected chi connectivity index (χ4v) is 3.71. The molecule has 2 heterocycles. The molecule has 118 valence electrons. The van der Waals surface area contributed by atoms with E-state index in [4.69, 9.17) is 14.2 Å². The van der Waals surface area contributed by atoms with Gasteiger partial charge < -0.3 is 14.6 Å². The van der Waals surface area contributed by atoms with Crippen molar-refractivity contribution in [3.05, 3.63) is 11.7 Å². The smallest absolute Gasteiger partial charge is 0.233 e. The van der Waals surface area contributed by atoms with E-state index in [0.29, 0.717) is 0 Å². The molecule has 21 heavy (non-hydrogen) atoms. The second kappa shape index (κ2) is 6.05. The molecule has 5 nitrogen and oxygen atoms in total. The molecule has 0 radical (unpaired) electrons. The van der Waals surface area contributed by atoms with Crippen LogP contribution in [0, 0.1) is 0 Å². The van der Waals surface area contributed by atoms with E-state index < -0.39 is 0 Å². The Bertz CT molecular complexity index is 458. The Morgan fingerprint density at radius 1 is 1.10 bits per heavy atom. The highest BCUT2D eigenvalue weighted by molar-refractivity contribution is 5.10. The van der Waals surface area contributed by atoms with Crippen molar-refractivity contribution >= 4 is 0 Å². The lowest BCUT2D eigenvalue weighted by atomic mass is 9.82. The SMILES string of the molecule is COC1(c2noc(C3(C)CCCNC3)n2)CCCCCC1. The molecule has 1 saturated heterocycles. The minimum absolute atomic E-state index is 0.0385. The number of nitrogens with one attached hydrogen (secondary N) is 1. The molecule has 1 aromatic rings. The average Bonchev–Trinajstić information content (AvgIpc) is 2.89. The molecule has 1 atom stereocenters. The third-order valence-corrected chi connectivity index (χ3v) is 5.25. The Hall–Kier alpha value is -0.940. The van der Waals surface area contributed by atoms with Crippen molar-refractivity contribution in [2.45, 2.75) is 69.3 Å². The summed E-state index contributed by atoms with van der Waals surface area (Å²) in [6, 6.07) is 0. The topological polar surface area (TPSA) is 60.2 Å². The predicted molar refractivity (Wildman–Crippen MR) is 80.1 cm³/mol. The van der Waals surface area contributed by atoms with Crippen molar-refractivity contribution in [1.82, 2.24) is 15.5 Å². The van der Waals surface area contributed by atoms with Crippen LogP contribution in [0.3, 0.4) is 0 Å². The molecule has 2 aliphatic rings. The summed E-state index contributed by atoms with van der Waals surface area (Å²) in [5, 5.41) is 7.74. The van der Waals surface area contributed by atoms with Crippen LogP contribution in [0.5, 0.6) is 0 Å². The van der Waals surface area contributed by atoms with Gasteiger partial charge in [-0.05, 0) is 39.2 Å². The van der Waals surface area contributed by atoms with E-state index >= 15 is 0 Å². The number of nitrogens with zero attached hydrogens (tertiary/aromatic N) is 2. The van der Waals surface area contributed by atoms with E-state index in [9.17, 15) is 0 Å². The summed E-state index contributed by atoms with van der Waals surface area (Å²) in [5.41, 5.74) is -0.375. The van der Waals surface area contributed by atoms with Gasteiger partial charge in [0.25, 0.3) is 0 Å². The number of rotatable bonds is 3. The molecule has 1 aliphatic carbocycles. The third kappa shape index (κ3) is 2.86. The van der Waals surface area contributed by atoms with E-state index in [1.54, 1.807) is 7.11 Å². The number of ether oxygens (including phenoxy) is 1. The largest absolute Gasteiger partial charge is 0.370 e. The van der Waals surface area contributed by atoms with Gasteiger partial charge in [0.05, 0.1) is 5.41 Å². The van der Waals surface area contributed by atoms with Crippen molar-refractivity contribution in [3.8, 4) is 0 Å². The average molecular weight is 293 g/mol. The molecular formula is C16H27N3O2. The Kier molecular flexibility index (Phi) is 4.31. The normalized spacial score (nSPS) is 30.0. The van der Waals surface area contributed by atoms with Crippen LogP contribution in [0.2, 0.25) is 0 Å². The van der Waals surface area contributed by atoms with Crippen LogP contribution in [0.1, 0.15) is 70.0 Å². The molecule has 3 rings (SSSR count). The second-order valence-corrected chi connectivity index (χ2v) is 6.88. The molecule has 1 N–H and O–H groups in total. The van der Waals surface area contributed by atoms with Gasteiger partial charge in [-0.3, -0.25) is 0 Å². The van der Waals surface area contributed by atoms with Gasteiger partial charge in [0.2, 0.25) is 11.7 Å². The number of methoxy groups -OCH3 is 1. The molecule has 1 unspecified atom stereocenters. The second-order valence-electron chi connectivity index (χ2n) is 6.88. The highest BCUT2D eigenvalue weighted by Crippen LogP contribution is 2.39. The Labute approximate surface area is 126 Å². The lowest BCUT2D eigenvalue weighted by molar-refractivity contribution is -0.0365. The van der Waals surface area contributed by atoms with Gasteiger partial charge in [-0.25, -0.2) is 0 Å². The zero-order valence-electron chi connectivity index (χ0n) is 13.3. The van der Waals surface area contributed by atoms with Crippen molar-refractivity contribution in [2.75, 3.05) is 20.2 Å². The maximum absolute atomic E-state index is 5.88. The molecular weight excluding hydrogens is 266 g/mol. The summed E-state index contributed by atoms with van der Waals surface area (Å²) >= 11 is 0. The van der Waals surface area contributed by atoms with Crippen LogP contribution >= 0.6 is 0 Å². The first-order valence-electron chi connectivity index (χ1n) is 8.29. The molecule has 1 aliphatic heterocycles. The third-order valence-electron chi connectivity index (χ3n) is 5.25. The van der Waals surface area contributed by atoms with Crippen LogP contribution in [0.15, 0.2) is 4.52 Å². The number of aromatic nitrogens is 2. The number of hydrogen-bond donors (Lipinski definition) is 1. The van der Waals surface area contributed by atoms with Gasteiger partial charge in [0.1, 0.15) is 5.60 Å². The first-order chi connectivity index (χ1) is 10.2. The zero-order valence-corrected chi connectivity index (χ0v) is 13.3. The van der Waals surface area contributed by atoms with Gasteiger partial charge in [0, 0.05) is 13.7 Å². The first kappa shape index (κ1) is 15.0. The van der Waals surface area contributed by atoms with E-state index in [1.165, 1.54) is 25.7 Å². The van der Waals surface area contributed by atoms with E-state index in [0.717, 1.165) is 50.5 Å². The number of hydrogen-bond acceptors (Lipinski definition) is 5. The van der Waals surface area contributed by atoms with Crippen LogP contribution in [-0.2, 0) is 15.8 Å². The van der Waals surface area contributed by atoms with Gasteiger partial charge in [0.15, 0.2) is 0 Å². The van der Waals surface area contributed by atoms with Gasteiger partial charge >= 0.3 is 0 Å². The van der Waals surface area contributed by atoms with E-state index in [1.807, 2.05) is 0 Å². The molecule has 1 saturated carbocycles. The standard InChI is InChI=1S/C16H27N3O2/c1-15(8-7-11-17-12-15)14-18-13(19-21-14)16(20-2)9-5-3-4-6-10-16/h17H,3-12H2,1-2H3. The lowest BCUT2D eigenvalue weighted by Gasteiger charge is -2.30. The van der Waals surface area contributed by atoms with Crippen molar-refractivity contribution < 1.29 is 9.26 Å². The van der Waals surface area contributed by atoms with Crippen molar-refractivity contribution in [1.29, 1.82) is 0 Å². The van der Waals surface area contributed by atoms with Crippen molar-refractivity contribution in [2.24, 2.45) is 0 Å². The Morgan fingerprint density at radius 3 is 2.48 bits per heavy atom. The highest BCUT2D eigenvalue weighted by atomic mass is 16.5. The zero-order chi connectivity index (χ0) is 14.8. The quantitative estimate of drug-likeness (QED) is 0.868. The van der Waals surface area contributed by atoms with E-state index in [2.05, 4.69) is 17.4 Å². The van der Waals surface area contributed by atoms with Crippen LogP contribution in [0.25, 0.3) is 0 Å². The summed E-state index contributed by atoms with van der Waals surface area (Å²) < 4.78 is 11.5. The summed E-state index contributed by atoms with van der Waals surface area (Å²) in [4.78, 5) is 4.77. The lowest BCUT2D eigenvalue weighted by Crippen LogP contribution is -2.41. The summed E-state index contributed by atoms with van der Waals surface area (Å²) in [7, 11) is 1.78. The van der Waals surface area contributed by atoms with Crippen LogP contribution in [0.4, 0.5) is 0 Å². The Balaban J connectivity index is 1.85. The van der Waals surface area contributed by atoms with Crippen molar-refractivity contribution in [3.63, 3.8) is 0 Å². The fraction of sp³-hybridized carbons (Fsp3) is 0.875. The molecule has 0 amide bonds. The highest BCUT2D eigenvalue weighted by Gasteiger charge is 2.41. The maximum Gasteiger partial charge on any atom is 0.233 e. The summed E-state index contributed by atoms with van der Waals surface area (Å²) in [6.07, 6.45) is 9.15. The van der Waals surface area contributed by atoms with Crippen LogP contribution in [-0.4, -0.2) is 30.3 Å². The molecule has 2 fully saturated rings. The molecule has 5 heteroatoms. The molecule has 0 spiro atoms.